The zero-order chi connectivity index (χ0) is 20.7. The molecule has 0 radical (unpaired) electrons. The number of carbonyl (C=O) groups is 3. The third-order valence-corrected chi connectivity index (χ3v) is 6.03. The number of benzene rings is 1. The third-order valence-electron chi connectivity index (χ3n) is 4.98. The zero-order valence-corrected chi connectivity index (χ0v) is 16.9. The molecule has 10 heteroatoms. The van der Waals surface area contributed by atoms with Crippen molar-refractivity contribution < 1.29 is 19.1 Å². The SMILES string of the molecule is COC(=O)c1ccccc1N1CC(C(=O)Nc2nc3sc(C)c(C)n3n2)CC1=O. The second-order valence-corrected chi connectivity index (χ2v) is 7.96. The first-order chi connectivity index (χ1) is 13.9. The Balaban J connectivity index is 1.51. The number of esters is 1. The van der Waals surface area contributed by atoms with Gasteiger partial charge in [-0.1, -0.05) is 23.5 Å². The van der Waals surface area contributed by atoms with E-state index in [4.69, 9.17) is 4.74 Å². The molecule has 1 aliphatic heterocycles. The highest BCUT2D eigenvalue weighted by Crippen LogP contribution is 2.29. The topological polar surface area (TPSA) is 106 Å². The quantitative estimate of drug-likeness (QED) is 0.657. The van der Waals surface area contributed by atoms with E-state index in [-0.39, 0.29) is 36.3 Å². The first-order valence-corrected chi connectivity index (χ1v) is 9.82. The van der Waals surface area contributed by atoms with Gasteiger partial charge in [0.25, 0.3) is 0 Å². The van der Waals surface area contributed by atoms with Crippen molar-refractivity contribution in [3.63, 3.8) is 0 Å². The van der Waals surface area contributed by atoms with Gasteiger partial charge in [-0.3, -0.25) is 14.9 Å². The summed E-state index contributed by atoms with van der Waals surface area (Å²) >= 11 is 1.50. The van der Waals surface area contributed by atoms with Gasteiger partial charge < -0.3 is 9.64 Å². The predicted molar refractivity (Wildman–Crippen MR) is 107 cm³/mol. The second-order valence-electron chi connectivity index (χ2n) is 6.78. The van der Waals surface area contributed by atoms with Gasteiger partial charge in [-0.15, -0.1) is 5.10 Å². The van der Waals surface area contributed by atoms with Crippen LogP contribution in [0.5, 0.6) is 0 Å². The van der Waals surface area contributed by atoms with E-state index < -0.39 is 11.9 Å². The fourth-order valence-electron chi connectivity index (χ4n) is 3.32. The van der Waals surface area contributed by atoms with Crippen LogP contribution in [-0.2, 0) is 14.3 Å². The molecule has 150 valence electrons. The fourth-order valence-corrected chi connectivity index (χ4v) is 4.22. The summed E-state index contributed by atoms with van der Waals surface area (Å²) in [7, 11) is 1.28. The first-order valence-electron chi connectivity index (χ1n) is 9.00. The number of aryl methyl sites for hydroxylation is 2. The molecule has 0 spiro atoms. The normalized spacial score (nSPS) is 16.4. The average Bonchev–Trinajstić information content (AvgIpc) is 3.36. The number of anilines is 2. The highest BCUT2D eigenvalue weighted by Gasteiger charge is 2.37. The summed E-state index contributed by atoms with van der Waals surface area (Å²) in [6.07, 6.45) is 0.0433. The maximum Gasteiger partial charge on any atom is 0.339 e. The predicted octanol–water partition coefficient (Wildman–Crippen LogP) is 2.19. The van der Waals surface area contributed by atoms with Crippen LogP contribution >= 0.6 is 11.3 Å². The molecule has 3 heterocycles. The van der Waals surface area contributed by atoms with Crippen molar-refractivity contribution in [2.75, 3.05) is 23.9 Å². The van der Waals surface area contributed by atoms with Gasteiger partial charge in [-0.05, 0) is 26.0 Å². The minimum atomic E-state index is -0.572. The molecule has 4 rings (SSSR count). The van der Waals surface area contributed by atoms with Gasteiger partial charge in [0.2, 0.25) is 22.7 Å². The molecule has 0 bridgehead atoms. The number of carbonyl (C=O) groups excluding carboxylic acids is 3. The van der Waals surface area contributed by atoms with Gasteiger partial charge in [0, 0.05) is 17.8 Å². The van der Waals surface area contributed by atoms with E-state index in [0.29, 0.717) is 10.6 Å². The van der Waals surface area contributed by atoms with Crippen molar-refractivity contribution in [2.45, 2.75) is 20.3 Å². The van der Waals surface area contributed by atoms with Gasteiger partial charge in [-0.25, -0.2) is 9.31 Å². The molecule has 29 heavy (non-hydrogen) atoms. The molecule has 2 aromatic heterocycles. The number of rotatable bonds is 4. The average molecular weight is 413 g/mol. The molecule has 1 fully saturated rings. The van der Waals surface area contributed by atoms with Gasteiger partial charge >= 0.3 is 5.97 Å². The van der Waals surface area contributed by atoms with Crippen LogP contribution < -0.4 is 10.2 Å². The van der Waals surface area contributed by atoms with Crippen LogP contribution in [0.2, 0.25) is 0 Å². The molecule has 0 saturated carbocycles. The summed E-state index contributed by atoms with van der Waals surface area (Å²) in [6.45, 7) is 4.09. The molecule has 1 aromatic carbocycles. The highest BCUT2D eigenvalue weighted by atomic mass is 32.1. The number of amides is 2. The lowest BCUT2D eigenvalue weighted by Gasteiger charge is -2.19. The van der Waals surface area contributed by atoms with Crippen LogP contribution in [0.4, 0.5) is 11.6 Å². The Morgan fingerprint density at radius 1 is 1.28 bits per heavy atom. The van der Waals surface area contributed by atoms with Crippen molar-refractivity contribution in [3.05, 3.63) is 40.4 Å². The number of hydrogen-bond donors (Lipinski definition) is 1. The van der Waals surface area contributed by atoms with Crippen molar-refractivity contribution in [1.29, 1.82) is 0 Å². The number of nitrogens with zero attached hydrogens (tertiary/aromatic N) is 4. The Kier molecular flexibility index (Phi) is 4.79. The van der Waals surface area contributed by atoms with E-state index in [0.717, 1.165) is 10.6 Å². The van der Waals surface area contributed by atoms with Gasteiger partial charge in [-0.2, -0.15) is 4.98 Å². The third kappa shape index (κ3) is 3.35. The van der Waals surface area contributed by atoms with Gasteiger partial charge in [0.05, 0.1) is 30.0 Å². The Morgan fingerprint density at radius 2 is 2.03 bits per heavy atom. The van der Waals surface area contributed by atoms with Crippen molar-refractivity contribution in [2.24, 2.45) is 5.92 Å². The maximum atomic E-state index is 12.7. The van der Waals surface area contributed by atoms with E-state index >= 15 is 0 Å². The number of hydrogen-bond acceptors (Lipinski definition) is 7. The Morgan fingerprint density at radius 3 is 2.76 bits per heavy atom. The first kappa shape index (κ1) is 19.1. The lowest BCUT2D eigenvalue weighted by atomic mass is 10.1. The second kappa shape index (κ2) is 7.28. The van der Waals surface area contributed by atoms with E-state index in [1.165, 1.54) is 23.3 Å². The number of nitrogens with one attached hydrogen (secondary N) is 1. The van der Waals surface area contributed by atoms with Gasteiger partial charge in [0.1, 0.15) is 0 Å². The monoisotopic (exact) mass is 413 g/mol. The smallest absolute Gasteiger partial charge is 0.339 e. The Labute approximate surface area is 170 Å². The molecule has 1 unspecified atom stereocenters. The van der Waals surface area contributed by atoms with Gasteiger partial charge in [0.15, 0.2) is 0 Å². The van der Waals surface area contributed by atoms with E-state index in [1.54, 1.807) is 28.8 Å². The molecule has 3 aromatic rings. The molecular weight excluding hydrogens is 394 g/mol. The zero-order valence-electron chi connectivity index (χ0n) is 16.1. The summed E-state index contributed by atoms with van der Waals surface area (Å²) in [4.78, 5) is 44.8. The van der Waals surface area contributed by atoms with E-state index in [1.807, 2.05) is 13.8 Å². The molecule has 0 aliphatic carbocycles. The van der Waals surface area contributed by atoms with E-state index in [2.05, 4.69) is 15.4 Å². The molecule has 1 saturated heterocycles. The molecule has 9 nitrogen and oxygen atoms in total. The maximum absolute atomic E-state index is 12.7. The largest absolute Gasteiger partial charge is 0.465 e. The summed E-state index contributed by atoms with van der Waals surface area (Å²) in [5, 5.41) is 7.01. The Hall–Kier alpha value is -3.27. The van der Waals surface area contributed by atoms with Crippen molar-refractivity contribution in [1.82, 2.24) is 14.6 Å². The summed E-state index contributed by atoms with van der Waals surface area (Å²) < 4.78 is 6.48. The fraction of sp³-hybridized carbons (Fsp3) is 0.316. The molecular formula is C19H19N5O4S. The number of ether oxygens (including phenoxy) is 1. The van der Waals surface area contributed by atoms with Crippen LogP contribution in [0.3, 0.4) is 0 Å². The number of para-hydroxylation sites is 1. The number of fused-ring (bicyclic) bond motifs is 1. The summed E-state index contributed by atoms with van der Waals surface area (Å²) in [5.41, 5.74) is 1.69. The minimum absolute atomic E-state index is 0.0433. The summed E-state index contributed by atoms with van der Waals surface area (Å²) in [5.74, 6) is -1.45. The van der Waals surface area contributed by atoms with Crippen LogP contribution in [0, 0.1) is 19.8 Å². The summed E-state index contributed by atoms with van der Waals surface area (Å²) in [6, 6.07) is 6.68. The molecule has 2 amide bonds. The number of thiazole rings is 1. The van der Waals surface area contributed by atoms with E-state index in [9.17, 15) is 14.4 Å². The molecule has 1 N–H and O–H groups in total. The van der Waals surface area contributed by atoms with Crippen LogP contribution in [0.1, 0.15) is 27.3 Å². The minimum Gasteiger partial charge on any atom is -0.465 e. The Bertz CT molecular complexity index is 1140. The van der Waals surface area contributed by atoms with Crippen LogP contribution in [-0.4, -0.2) is 46.0 Å². The lowest BCUT2D eigenvalue weighted by molar-refractivity contribution is -0.122. The van der Waals surface area contributed by atoms with Crippen LogP contribution in [0.25, 0.3) is 4.96 Å². The van der Waals surface area contributed by atoms with Crippen molar-refractivity contribution in [3.8, 4) is 0 Å². The standard InChI is InChI=1S/C19H19N5O4S/c1-10-11(2)29-19-21-18(22-24(10)19)20-16(26)12-8-15(25)23(9-12)14-7-5-4-6-13(14)17(27)28-3/h4-7,12H,8-9H2,1-3H3,(H,20,22,26). The molecule has 1 aliphatic rings. The van der Waals surface area contributed by atoms with Crippen LogP contribution in [0.15, 0.2) is 24.3 Å². The number of aromatic nitrogens is 3. The van der Waals surface area contributed by atoms with Crippen molar-refractivity contribution >= 4 is 45.7 Å². The number of methoxy groups -OCH3 is 1. The lowest BCUT2D eigenvalue weighted by Crippen LogP contribution is -2.29. The highest BCUT2D eigenvalue weighted by molar-refractivity contribution is 7.17. The molecule has 1 atom stereocenters.